The first kappa shape index (κ1) is 21.2. The van der Waals surface area contributed by atoms with E-state index >= 15 is 0 Å². The van der Waals surface area contributed by atoms with Crippen LogP contribution < -0.4 is 10.1 Å². The summed E-state index contributed by atoms with van der Waals surface area (Å²) < 4.78 is 11.5. The Kier molecular flexibility index (Phi) is 5.90. The Hall–Kier alpha value is -3.02. The van der Waals surface area contributed by atoms with Crippen molar-refractivity contribution in [2.45, 2.75) is 45.1 Å². The lowest BCUT2D eigenvalue weighted by molar-refractivity contribution is -0.126. The monoisotopic (exact) mass is 422 g/mol. The standard InChI is InChI=1S/C25H30N2O4/c1-25(2,3)31-24(29)27-14-8-9-17(16-27)23(28)26-15-20-18-10-4-6-12-21(18)30-22-13-7-5-11-19(20)22/h4-7,10-13,17,20H,8-9,14-16H2,1-3H3,(H,26,28). The maximum atomic E-state index is 13.0. The zero-order valence-electron chi connectivity index (χ0n) is 18.4. The molecule has 0 aromatic heterocycles. The van der Waals surface area contributed by atoms with Crippen molar-refractivity contribution in [2.75, 3.05) is 19.6 Å². The third kappa shape index (κ3) is 4.84. The van der Waals surface area contributed by atoms with Crippen molar-refractivity contribution in [1.29, 1.82) is 0 Å². The van der Waals surface area contributed by atoms with Crippen molar-refractivity contribution >= 4 is 12.0 Å². The van der Waals surface area contributed by atoms with Crippen LogP contribution >= 0.6 is 0 Å². The van der Waals surface area contributed by atoms with Gasteiger partial charge in [-0.15, -0.1) is 0 Å². The second-order valence-corrected chi connectivity index (χ2v) is 9.24. The number of carbonyl (C=O) groups excluding carboxylic acids is 2. The van der Waals surface area contributed by atoms with Crippen LogP contribution in [0.3, 0.4) is 0 Å². The van der Waals surface area contributed by atoms with Gasteiger partial charge < -0.3 is 19.7 Å². The highest BCUT2D eigenvalue weighted by atomic mass is 16.6. The van der Waals surface area contributed by atoms with Gasteiger partial charge in [-0.25, -0.2) is 4.79 Å². The van der Waals surface area contributed by atoms with Gasteiger partial charge in [0.15, 0.2) is 0 Å². The summed E-state index contributed by atoms with van der Waals surface area (Å²) in [5, 5.41) is 3.14. The average Bonchev–Trinajstić information content (AvgIpc) is 2.75. The molecule has 2 amide bonds. The molecule has 0 bridgehead atoms. The molecule has 4 rings (SSSR count). The minimum atomic E-state index is -0.546. The van der Waals surface area contributed by atoms with E-state index in [0.29, 0.717) is 19.6 Å². The third-order valence-corrected chi connectivity index (χ3v) is 5.73. The van der Waals surface area contributed by atoms with Crippen LogP contribution in [0, 0.1) is 5.92 Å². The Morgan fingerprint density at radius 1 is 1.06 bits per heavy atom. The van der Waals surface area contributed by atoms with Gasteiger partial charge >= 0.3 is 6.09 Å². The molecule has 1 N–H and O–H groups in total. The normalized spacial score (nSPS) is 18.4. The number of benzene rings is 2. The highest BCUT2D eigenvalue weighted by molar-refractivity contribution is 5.80. The van der Waals surface area contributed by atoms with Crippen LogP contribution in [0.1, 0.15) is 50.7 Å². The van der Waals surface area contributed by atoms with E-state index in [-0.39, 0.29) is 23.8 Å². The van der Waals surface area contributed by atoms with Gasteiger partial charge in [-0.3, -0.25) is 4.79 Å². The van der Waals surface area contributed by atoms with Crippen molar-refractivity contribution in [3.63, 3.8) is 0 Å². The van der Waals surface area contributed by atoms with Gasteiger partial charge in [0.1, 0.15) is 17.1 Å². The number of carbonyl (C=O) groups is 2. The minimum Gasteiger partial charge on any atom is -0.457 e. The van der Waals surface area contributed by atoms with Crippen molar-refractivity contribution in [3.8, 4) is 11.5 Å². The van der Waals surface area contributed by atoms with Gasteiger partial charge in [0.05, 0.1) is 5.92 Å². The predicted octanol–water partition coefficient (Wildman–Crippen LogP) is 4.69. The van der Waals surface area contributed by atoms with Gasteiger partial charge in [-0.1, -0.05) is 36.4 Å². The van der Waals surface area contributed by atoms with Crippen LogP contribution in [0.5, 0.6) is 11.5 Å². The number of nitrogens with one attached hydrogen (secondary N) is 1. The quantitative estimate of drug-likeness (QED) is 0.779. The molecule has 1 fully saturated rings. The van der Waals surface area contributed by atoms with Gasteiger partial charge in [-0.05, 0) is 45.7 Å². The van der Waals surface area contributed by atoms with Crippen LogP contribution in [0.4, 0.5) is 4.79 Å². The number of hydrogen-bond acceptors (Lipinski definition) is 4. The molecule has 2 aliphatic heterocycles. The molecule has 0 spiro atoms. The van der Waals surface area contributed by atoms with E-state index in [9.17, 15) is 9.59 Å². The number of rotatable bonds is 3. The molecule has 164 valence electrons. The molecular formula is C25H30N2O4. The van der Waals surface area contributed by atoms with Crippen LogP contribution in [0.2, 0.25) is 0 Å². The molecule has 2 heterocycles. The van der Waals surface area contributed by atoms with Crippen LogP contribution in [0.15, 0.2) is 48.5 Å². The fourth-order valence-corrected chi connectivity index (χ4v) is 4.26. The molecule has 31 heavy (non-hydrogen) atoms. The van der Waals surface area contributed by atoms with E-state index in [1.807, 2.05) is 69.3 Å². The van der Waals surface area contributed by atoms with Crippen molar-refractivity contribution < 1.29 is 19.1 Å². The first-order valence-corrected chi connectivity index (χ1v) is 10.9. The number of nitrogens with zero attached hydrogens (tertiary/aromatic N) is 1. The summed E-state index contributed by atoms with van der Waals surface area (Å²) in [5.74, 6) is 1.43. The van der Waals surface area contributed by atoms with E-state index in [0.717, 1.165) is 35.5 Å². The summed E-state index contributed by atoms with van der Waals surface area (Å²) in [6.07, 6.45) is 1.21. The molecule has 2 aliphatic rings. The number of amides is 2. The zero-order chi connectivity index (χ0) is 22.0. The fraction of sp³-hybridized carbons (Fsp3) is 0.440. The Labute approximate surface area is 183 Å². The van der Waals surface area contributed by atoms with Crippen molar-refractivity contribution in [3.05, 3.63) is 59.7 Å². The SMILES string of the molecule is CC(C)(C)OC(=O)N1CCCC(C(=O)NCC2c3ccccc3Oc3ccccc32)C1. The van der Waals surface area contributed by atoms with Gasteiger partial charge in [0.2, 0.25) is 5.91 Å². The molecule has 0 aliphatic carbocycles. The summed E-state index contributed by atoms with van der Waals surface area (Å²) in [6, 6.07) is 15.9. The van der Waals surface area contributed by atoms with E-state index in [4.69, 9.17) is 9.47 Å². The molecule has 6 nitrogen and oxygen atoms in total. The summed E-state index contributed by atoms with van der Waals surface area (Å²) in [6.45, 7) is 7.05. The Morgan fingerprint density at radius 2 is 1.68 bits per heavy atom. The van der Waals surface area contributed by atoms with Gasteiger partial charge in [0, 0.05) is 36.7 Å². The van der Waals surface area contributed by atoms with Crippen LogP contribution in [-0.2, 0) is 9.53 Å². The van der Waals surface area contributed by atoms with Crippen molar-refractivity contribution in [2.24, 2.45) is 5.92 Å². The molecule has 6 heteroatoms. The Morgan fingerprint density at radius 3 is 2.29 bits per heavy atom. The molecule has 0 radical (unpaired) electrons. The lowest BCUT2D eigenvalue weighted by atomic mass is 9.87. The van der Waals surface area contributed by atoms with Gasteiger partial charge in [0.25, 0.3) is 0 Å². The average molecular weight is 423 g/mol. The number of para-hydroxylation sites is 2. The third-order valence-electron chi connectivity index (χ3n) is 5.73. The smallest absolute Gasteiger partial charge is 0.410 e. The second kappa shape index (κ2) is 8.61. The maximum absolute atomic E-state index is 13.0. The molecule has 2 aromatic carbocycles. The largest absolute Gasteiger partial charge is 0.457 e. The lowest BCUT2D eigenvalue weighted by Crippen LogP contribution is -2.47. The summed E-state index contributed by atoms with van der Waals surface area (Å²) in [7, 11) is 0. The molecular weight excluding hydrogens is 392 g/mol. The zero-order valence-corrected chi connectivity index (χ0v) is 18.4. The number of hydrogen-bond donors (Lipinski definition) is 1. The fourth-order valence-electron chi connectivity index (χ4n) is 4.26. The highest BCUT2D eigenvalue weighted by Gasteiger charge is 2.32. The highest BCUT2D eigenvalue weighted by Crippen LogP contribution is 2.43. The molecule has 0 saturated carbocycles. The summed E-state index contributed by atoms with van der Waals surface area (Å²) in [5.41, 5.74) is 1.59. The Balaban J connectivity index is 1.43. The lowest BCUT2D eigenvalue weighted by Gasteiger charge is -2.34. The molecule has 1 atom stereocenters. The predicted molar refractivity (Wildman–Crippen MR) is 118 cm³/mol. The second-order valence-electron chi connectivity index (χ2n) is 9.24. The molecule has 2 aromatic rings. The number of fused-ring (bicyclic) bond motifs is 2. The van der Waals surface area contributed by atoms with Crippen LogP contribution in [-0.4, -0.2) is 42.1 Å². The molecule has 1 unspecified atom stereocenters. The number of ether oxygens (including phenoxy) is 2. The number of piperidine rings is 1. The van der Waals surface area contributed by atoms with E-state index in [1.165, 1.54) is 0 Å². The summed E-state index contributed by atoms with van der Waals surface area (Å²) >= 11 is 0. The Bertz CT molecular complexity index is 920. The maximum Gasteiger partial charge on any atom is 0.410 e. The minimum absolute atomic E-state index is 0.0188. The first-order chi connectivity index (χ1) is 14.8. The molecule has 1 saturated heterocycles. The summed E-state index contributed by atoms with van der Waals surface area (Å²) in [4.78, 5) is 27.1. The number of likely N-dealkylation sites (tertiary alicyclic amines) is 1. The van der Waals surface area contributed by atoms with E-state index < -0.39 is 5.60 Å². The topological polar surface area (TPSA) is 67.9 Å². The van der Waals surface area contributed by atoms with Crippen LogP contribution in [0.25, 0.3) is 0 Å². The van der Waals surface area contributed by atoms with E-state index in [1.54, 1.807) is 4.90 Å². The van der Waals surface area contributed by atoms with Crippen molar-refractivity contribution in [1.82, 2.24) is 10.2 Å². The van der Waals surface area contributed by atoms with Gasteiger partial charge in [-0.2, -0.15) is 0 Å². The van der Waals surface area contributed by atoms with E-state index in [2.05, 4.69) is 5.32 Å². The first-order valence-electron chi connectivity index (χ1n) is 10.9.